The van der Waals surface area contributed by atoms with Crippen molar-refractivity contribution < 1.29 is 13.9 Å². The Balaban J connectivity index is 2.02. The van der Waals surface area contributed by atoms with Crippen molar-refractivity contribution in [2.45, 2.75) is 13.5 Å². The number of ether oxygens (including phenoxy) is 1. The number of hydrogen-bond donors (Lipinski definition) is 1. The van der Waals surface area contributed by atoms with Crippen molar-refractivity contribution >= 4 is 45.8 Å². The van der Waals surface area contributed by atoms with E-state index < -0.39 is 0 Å². The molecule has 2 aromatic carbocycles. The Morgan fingerprint density at radius 2 is 1.83 bits per heavy atom. The van der Waals surface area contributed by atoms with E-state index in [1.165, 1.54) is 0 Å². The largest absolute Gasteiger partial charge is 0.459 e. The number of furan rings is 1. The summed E-state index contributed by atoms with van der Waals surface area (Å²) in [4.78, 5) is 12.6. The van der Waals surface area contributed by atoms with Crippen LogP contribution >= 0.6 is 23.2 Å². The van der Waals surface area contributed by atoms with Gasteiger partial charge in [0.1, 0.15) is 5.76 Å². The number of para-hydroxylation sites is 1. The van der Waals surface area contributed by atoms with Crippen molar-refractivity contribution in [3.63, 3.8) is 0 Å². The molecule has 0 atom stereocenters. The Bertz CT molecular complexity index is 898. The number of halogens is 2. The predicted molar refractivity (Wildman–Crippen MR) is 96.1 cm³/mol. The van der Waals surface area contributed by atoms with Crippen molar-refractivity contribution in [3.05, 3.63) is 63.3 Å². The molecular formula is C18H15Cl2NO3. The van der Waals surface area contributed by atoms with Gasteiger partial charge in [-0.2, -0.15) is 0 Å². The molecule has 1 N–H and O–H groups in total. The summed E-state index contributed by atoms with van der Waals surface area (Å²) in [6, 6.07) is 10.5. The standard InChI is InChI=1S/C18H15Cl2NO3/c1-10-12(9-23-2)11-5-3-8-15(17(11)24-10)21-18(22)16-13(19)6-4-7-14(16)20/h3-8H,9H2,1-2H3,(H,21,22). The van der Waals surface area contributed by atoms with E-state index >= 15 is 0 Å². The van der Waals surface area contributed by atoms with Gasteiger partial charge in [-0.1, -0.05) is 41.4 Å². The molecule has 4 nitrogen and oxygen atoms in total. The van der Waals surface area contributed by atoms with E-state index in [9.17, 15) is 4.79 Å². The van der Waals surface area contributed by atoms with Crippen LogP contribution in [0.1, 0.15) is 21.7 Å². The lowest BCUT2D eigenvalue weighted by molar-refractivity contribution is 0.102. The van der Waals surface area contributed by atoms with E-state index in [1.54, 1.807) is 31.4 Å². The number of hydrogen-bond acceptors (Lipinski definition) is 3. The summed E-state index contributed by atoms with van der Waals surface area (Å²) in [6.45, 7) is 2.30. The second kappa shape index (κ2) is 6.85. The minimum atomic E-state index is -0.388. The van der Waals surface area contributed by atoms with Crippen LogP contribution in [0.5, 0.6) is 0 Å². The first-order chi connectivity index (χ1) is 11.5. The lowest BCUT2D eigenvalue weighted by atomic mass is 10.1. The number of methoxy groups -OCH3 is 1. The summed E-state index contributed by atoms with van der Waals surface area (Å²) in [6.07, 6.45) is 0. The number of benzene rings is 2. The Morgan fingerprint density at radius 1 is 1.17 bits per heavy atom. The van der Waals surface area contributed by atoms with Crippen LogP contribution in [0.2, 0.25) is 10.0 Å². The van der Waals surface area contributed by atoms with Crippen molar-refractivity contribution in [1.29, 1.82) is 0 Å². The van der Waals surface area contributed by atoms with E-state index in [0.717, 1.165) is 16.7 Å². The van der Waals surface area contributed by atoms with Gasteiger partial charge in [-0.05, 0) is 25.1 Å². The monoisotopic (exact) mass is 363 g/mol. The number of nitrogens with one attached hydrogen (secondary N) is 1. The van der Waals surface area contributed by atoms with Gasteiger partial charge < -0.3 is 14.5 Å². The van der Waals surface area contributed by atoms with Gasteiger partial charge in [0.15, 0.2) is 5.58 Å². The van der Waals surface area contributed by atoms with E-state index in [-0.39, 0.29) is 11.5 Å². The zero-order valence-corrected chi connectivity index (χ0v) is 14.7. The maximum absolute atomic E-state index is 12.6. The van der Waals surface area contributed by atoms with E-state index in [4.69, 9.17) is 32.4 Å². The highest BCUT2D eigenvalue weighted by Gasteiger charge is 2.18. The SMILES string of the molecule is COCc1c(C)oc2c(NC(=O)c3c(Cl)cccc3Cl)cccc12. The fourth-order valence-electron chi connectivity index (χ4n) is 2.61. The molecule has 0 fully saturated rings. The summed E-state index contributed by atoms with van der Waals surface area (Å²) in [5.74, 6) is 0.366. The molecule has 124 valence electrons. The second-order valence-corrected chi connectivity index (χ2v) is 6.12. The molecule has 0 saturated carbocycles. The fourth-order valence-corrected chi connectivity index (χ4v) is 3.18. The molecule has 24 heavy (non-hydrogen) atoms. The molecule has 0 saturated heterocycles. The topological polar surface area (TPSA) is 51.5 Å². The van der Waals surface area contributed by atoms with Crippen molar-refractivity contribution in [3.8, 4) is 0 Å². The molecule has 3 rings (SSSR count). The Hall–Kier alpha value is -2.01. The number of aryl methyl sites for hydroxylation is 1. The number of fused-ring (bicyclic) bond motifs is 1. The van der Waals surface area contributed by atoms with Gasteiger partial charge >= 0.3 is 0 Å². The van der Waals surface area contributed by atoms with Crippen molar-refractivity contribution in [2.75, 3.05) is 12.4 Å². The number of anilines is 1. The molecule has 0 radical (unpaired) electrons. The number of carbonyl (C=O) groups is 1. The first-order valence-electron chi connectivity index (χ1n) is 7.28. The average Bonchev–Trinajstić information content (AvgIpc) is 2.85. The van der Waals surface area contributed by atoms with Crippen molar-refractivity contribution in [1.82, 2.24) is 0 Å². The van der Waals surface area contributed by atoms with Crippen LogP contribution in [0.25, 0.3) is 11.0 Å². The van der Waals surface area contributed by atoms with Crippen LogP contribution in [0.3, 0.4) is 0 Å². The Morgan fingerprint density at radius 3 is 2.50 bits per heavy atom. The van der Waals surface area contributed by atoms with E-state index in [0.29, 0.717) is 27.9 Å². The number of carbonyl (C=O) groups excluding carboxylic acids is 1. The summed E-state index contributed by atoms with van der Waals surface area (Å²) in [5.41, 5.74) is 2.34. The summed E-state index contributed by atoms with van der Waals surface area (Å²) < 4.78 is 11.0. The van der Waals surface area contributed by atoms with Gasteiger partial charge in [0.2, 0.25) is 0 Å². The van der Waals surface area contributed by atoms with Crippen LogP contribution in [0.4, 0.5) is 5.69 Å². The number of rotatable bonds is 4. The molecular weight excluding hydrogens is 349 g/mol. The highest BCUT2D eigenvalue weighted by atomic mass is 35.5. The number of amides is 1. The molecule has 0 aliphatic carbocycles. The quantitative estimate of drug-likeness (QED) is 0.670. The van der Waals surface area contributed by atoms with E-state index in [2.05, 4.69) is 5.32 Å². The van der Waals surface area contributed by atoms with Crippen LogP contribution < -0.4 is 5.32 Å². The maximum Gasteiger partial charge on any atom is 0.258 e. The summed E-state index contributed by atoms with van der Waals surface area (Å²) in [7, 11) is 1.63. The zero-order chi connectivity index (χ0) is 17.3. The molecule has 1 heterocycles. The summed E-state index contributed by atoms with van der Waals surface area (Å²) >= 11 is 12.2. The molecule has 0 spiro atoms. The smallest absolute Gasteiger partial charge is 0.258 e. The molecule has 0 aliphatic heterocycles. The van der Waals surface area contributed by atoms with Crippen molar-refractivity contribution in [2.24, 2.45) is 0 Å². The predicted octanol–water partition coefficient (Wildman–Crippen LogP) is 5.45. The van der Waals surface area contributed by atoms with E-state index in [1.807, 2.05) is 19.1 Å². The second-order valence-electron chi connectivity index (χ2n) is 5.30. The van der Waals surface area contributed by atoms with Gasteiger partial charge in [0.05, 0.1) is 27.9 Å². The minimum Gasteiger partial charge on any atom is -0.459 e. The third-order valence-corrected chi connectivity index (χ3v) is 4.38. The minimum absolute atomic E-state index is 0.234. The van der Waals surface area contributed by atoms with Gasteiger partial charge in [-0.25, -0.2) is 0 Å². The van der Waals surface area contributed by atoms with Gasteiger partial charge in [-0.3, -0.25) is 4.79 Å². The molecule has 6 heteroatoms. The van der Waals surface area contributed by atoms with Gasteiger partial charge in [-0.15, -0.1) is 0 Å². The lowest BCUT2D eigenvalue weighted by Gasteiger charge is -2.09. The maximum atomic E-state index is 12.6. The average molecular weight is 364 g/mol. The third-order valence-electron chi connectivity index (χ3n) is 3.75. The van der Waals surface area contributed by atoms with Gasteiger partial charge in [0.25, 0.3) is 5.91 Å². The molecule has 0 bridgehead atoms. The van der Waals surface area contributed by atoms with Crippen LogP contribution in [0.15, 0.2) is 40.8 Å². The first kappa shape index (κ1) is 16.8. The van der Waals surface area contributed by atoms with Crippen LogP contribution in [0, 0.1) is 6.92 Å². The fraction of sp³-hybridized carbons (Fsp3) is 0.167. The molecule has 0 unspecified atom stereocenters. The van der Waals surface area contributed by atoms with Crippen LogP contribution in [-0.4, -0.2) is 13.0 Å². The Labute approximate surface area is 149 Å². The third kappa shape index (κ3) is 3.00. The highest BCUT2D eigenvalue weighted by molar-refractivity contribution is 6.40. The molecule has 1 amide bonds. The normalized spacial score (nSPS) is 11.0. The molecule has 0 aliphatic rings. The molecule has 3 aromatic rings. The Kier molecular flexibility index (Phi) is 4.81. The zero-order valence-electron chi connectivity index (χ0n) is 13.2. The molecule has 1 aromatic heterocycles. The van der Waals surface area contributed by atoms with Crippen LogP contribution in [-0.2, 0) is 11.3 Å². The summed E-state index contributed by atoms with van der Waals surface area (Å²) in [5, 5.41) is 4.31. The first-order valence-corrected chi connectivity index (χ1v) is 8.03. The highest BCUT2D eigenvalue weighted by Crippen LogP contribution is 2.32. The lowest BCUT2D eigenvalue weighted by Crippen LogP contribution is -2.13. The van der Waals surface area contributed by atoms with Gasteiger partial charge in [0, 0.05) is 18.1 Å².